The van der Waals surface area contributed by atoms with Crippen LogP contribution in [-0.2, 0) is 14.8 Å². The number of hydrogen-bond acceptors (Lipinski definition) is 4. The summed E-state index contributed by atoms with van der Waals surface area (Å²) in [5.74, 6) is 0. The van der Waals surface area contributed by atoms with Gasteiger partial charge in [-0.2, -0.15) is 0 Å². The minimum atomic E-state index is -3.63. The van der Waals surface area contributed by atoms with E-state index >= 15 is 0 Å². The monoisotopic (exact) mass is 350 g/mol. The molecule has 0 aliphatic carbocycles. The summed E-state index contributed by atoms with van der Waals surface area (Å²) in [5, 5.41) is 0. The maximum Gasteiger partial charge on any atom is 0.242 e. The molecule has 7 heteroatoms. The first-order valence-electron chi connectivity index (χ1n) is 5.97. The van der Waals surface area contributed by atoms with Gasteiger partial charge in [-0.1, -0.05) is 29.3 Å². The van der Waals surface area contributed by atoms with Gasteiger partial charge in [0.25, 0.3) is 0 Å². The molecule has 1 unspecified atom stereocenters. The highest BCUT2D eigenvalue weighted by atomic mass is 79.9. The molecule has 0 saturated carbocycles. The summed E-state index contributed by atoms with van der Waals surface area (Å²) in [6.07, 6.45) is 1.58. The minimum Gasteiger partial charge on any atom is -0.398 e. The molecular weight excluding hydrogens is 332 g/mol. The molecule has 1 atom stereocenters. The third-order valence-electron chi connectivity index (χ3n) is 2.59. The molecule has 0 radical (unpaired) electrons. The highest BCUT2D eigenvalue weighted by Crippen LogP contribution is 2.23. The van der Waals surface area contributed by atoms with Crippen molar-refractivity contribution in [3.63, 3.8) is 0 Å². The first-order valence-corrected chi connectivity index (χ1v) is 8.24. The van der Waals surface area contributed by atoms with Crippen molar-refractivity contribution in [3.8, 4) is 0 Å². The van der Waals surface area contributed by atoms with E-state index in [0.29, 0.717) is 13.0 Å². The molecule has 108 valence electrons. The van der Waals surface area contributed by atoms with Crippen molar-refractivity contribution >= 4 is 31.6 Å². The van der Waals surface area contributed by atoms with Crippen LogP contribution in [0.3, 0.4) is 0 Å². The van der Waals surface area contributed by atoms with Gasteiger partial charge in [0.2, 0.25) is 10.0 Å². The molecule has 0 saturated heterocycles. The zero-order chi connectivity index (χ0) is 14.5. The predicted octanol–water partition coefficient (Wildman–Crippen LogP) is 2.12. The van der Waals surface area contributed by atoms with Crippen molar-refractivity contribution in [2.45, 2.75) is 30.7 Å². The smallest absolute Gasteiger partial charge is 0.242 e. The molecular formula is C12H19BrN2O3S. The lowest BCUT2D eigenvalue weighted by Gasteiger charge is -2.18. The van der Waals surface area contributed by atoms with Crippen LogP contribution < -0.4 is 10.5 Å². The molecule has 0 fully saturated rings. The number of methoxy groups -OCH3 is 1. The Hall–Kier alpha value is -0.630. The van der Waals surface area contributed by atoms with E-state index in [1.54, 1.807) is 19.2 Å². The maximum absolute atomic E-state index is 12.3. The second-order valence-electron chi connectivity index (χ2n) is 4.24. The first-order chi connectivity index (χ1) is 8.90. The fraction of sp³-hybridized carbons (Fsp3) is 0.500. The highest BCUT2D eigenvalue weighted by molar-refractivity contribution is 9.10. The van der Waals surface area contributed by atoms with Gasteiger partial charge in [0.05, 0.1) is 12.3 Å². The number of nitrogens with one attached hydrogen (secondary N) is 1. The van der Waals surface area contributed by atoms with E-state index in [4.69, 9.17) is 10.5 Å². The number of ether oxygens (including phenoxy) is 1. The number of benzene rings is 1. The molecule has 0 spiro atoms. The normalized spacial score (nSPS) is 13.4. The number of anilines is 1. The van der Waals surface area contributed by atoms with E-state index in [1.807, 2.05) is 6.92 Å². The van der Waals surface area contributed by atoms with Crippen LogP contribution in [0.5, 0.6) is 0 Å². The quantitative estimate of drug-likeness (QED) is 0.738. The van der Waals surface area contributed by atoms with E-state index in [0.717, 1.165) is 10.9 Å². The molecule has 0 amide bonds. The topological polar surface area (TPSA) is 81.4 Å². The van der Waals surface area contributed by atoms with E-state index < -0.39 is 10.0 Å². The van der Waals surface area contributed by atoms with Gasteiger partial charge in [0.1, 0.15) is 4.90 Å². The van der Waals surface area contributed by atoms with E-state index in [-0.39, 0.29) is 16.6 Å². The van der Waals surface area contributed by atoms with Crippen molar-refractivity contribution in [1.82, 2.24) is 4.72 Å². The maximum atomic E-state index is 12.3. The Bertz CT molecular complexity index is 514. The lowest BCUT2D eigenvalue weighted by molar-refractivity contribution is 0.171. The molecule has 0 bridgehead atoms. The lowest BCUT2D eigenvalue weighted by atomic mass is 10.2. The summed E-state index contributed by atoms with van der Waals surface area (Å²) in [6, 6.07) is 4.45. The Morgan fingerprint density at radius 2 is 2.16 bits per heavy atom. The third-order valence-corrected chi connectivity index (χ3v) is 4.68. The van der Waals surface area contributed by atoms with Gasteiger partial charge in [-0.3, -0.25) is 0 Å². The Kier molecular flexibility index (Phi) is 6.25. The van der Waals surface area contributed by atoms with Gasteiger partial charge in [-0.25, -0.2) is 13.1 Å². The van der Waals surface area contributed by atoms with Crippen LogP contribution in [0.25, 0.3) is 0 Å². The van der Waals surface area contributed by atoms with Gasteiger partial charge in [0, 0.05) is 17.6 Å². The second-order valence-corrected chi connectivity index (χ2v) is 6.84. The van der Waals surface area contributed by atoms with Gasteiger partial charge in [-0.05, 0) is 24.6 Å². The number of nitrogen functional groups attached to an aromatic ring is 1. The standard InChI is InChI=1S/C12H19BrN2O3S/c1-3-4-10(8-18-2)15-19(16,17)12-6-5-9(13)7-11(12)14/h5-7,10,15H,3-4,8,14H2,1-2H3. The fourth-order valence-corrected chi connectivity index (χ4v) is 3.52. The molecule has 0 aliphatic rings. The Morgan fingerprint density at radius 1 is 1.47 bits per heavy atom. The molecule has 0 aliphatic heterocycles. The third kappa shape index (κ3) is 4.76. The van der Waals surface area contributed by atoms with Crippen molar-refractivity contribution in [2.75, 3.05) is 19.5 Å². The van der Waals surface area contributed by atoms with Crippen LogP contribution in [0.4, 0.5) is 5.69 Å². The van der Waals surface area contributed by atoms with Crippen LogP contribution >= 0.6 is 15.9 Å². The number of sulfonamides is 1. The number of hydrogen-bond donors (Lipinski definition) is 2. The Labute approximate surface area is 122 Å². The van der Waals surface area contributed by atoms with Crippen molar-refractivity contribution in [3.05, 3.63) is 22.7 Å². The van der Waals surface area contributed by atoms with Crippen LogP contribution in [0.15, 0.2) is 27.6 Å². The average Bonchev–Trinajstić information content (AvgIpc) is 2.28. The van der Waals surface area contributed by atoms with Gasteiger partial charge in [0.15, 0.2) is 0 Å². The van der Waals surface area contributed by atoms with Crippen LogP contribution in [-0.4, -0.2) is 28.2 Å². The predicted molar refractivity (Wildman–Crippen MR) is 79.4 cm³/mol. The van der Waals surface area contributed by atoms with Crippen molar-refractivity contribution < 1.29 is 13.2 Å². The van der Waals surface area contributed by atoms with Crippen molar-refractivity contribution in [2.24, 2.45) is 0 Å². The van der Waals surface area contributed by atoms with E-state index in [2.05, 4.69) is 20.7 Å². The zero-order valence-corrected chi connectivity index (χ0v) is 13.4. The highest BCUT2D eigenvalue weighted by Gasteiger charge is 2.21. The molecule has 5 nitrogen and oxygen atoms in total. The Balaban J connectivity index is 2.96. The number of halogens is 1. The van der Waals surface area contributed by atoms with Crippen LogP contribution in [0.2, 0.25) is 0 Å². The molecule has 0 aromatic heterocycles. The summed E-state index contributed by atoms with van der Waals surface area (Å²) in [5.41, 5.74) is 5.97. The van der Waals surface area contributed by atoms with Gasteiger partial charge >= 0.3 is 0 Å². The van der Waals surface area contributed by atoms with Crippen LogP contribution in [0, 0.1) is 0 Å². The van der Waals surface area contributed by atoms with Gasteiger partial charge < -0.3 is 10.5 Å². The zero-order valence-electron chi connectivity index (χ0n) is 11.0. The molecule has 1 aromatic rings. The molecule has 19 heavy (non-hydrogen) atoms. The molecule has 1 rings (SSSR count). The molecule has 3 N–H and O–H groups in total. The SMILES string of the molecule is CCCC(COC)NS(=O)(=O)c1ccc(Br)cc1N. The van der Waals surface area contributed by atoms with E-state index in [1.165, 1.54) is 6.07 Å². The summed E-state index contributed by atoms with van der Waals surface area (Å²) in [6.45, 7) is 2.33. The summed E-state index contributed by atoms with van der Waals surface area (Å²) < 4.78 is 32.9. The average molecular weight is 351 g/mol. The van der Waals surface area contributed by atoms with Crippen molar-refractivity contribution in [1.29, 1.82) is 0 Å². The summed E-state index contributed by atoms with van der Waals surface area (Å²) in [4.78, 5) is 0.0907. The molecule has 0 heterocycles. The fourth-order valence-electron chi connectivity index (χ4n) is 1.77. The summed E-state index contributed by atoms with van der Waals surface area (Å²) in [7, 11) is -2.08. The first kappa shape index (κ1) is 16.4. The van der Waals surface area contributed by atoms with Crippen LogP contribution in [0.1, 0.15) is 19.8 Å². The Morgan fingerprint density at radius 3 is 2.68 bits per heavy atom. The number of nitrogens with two attached hydrogens (primary N) is 1. The number of rotatable bonds is 7. The molecule has 1 aromatic carbocycles. The van der Waals surface area contributed by atoms with E-state index in [9.17, 15) is 8.42 Å². The lowest BCUT2D eigenvalue weighted by Crippen LogP contribution is -2.38. The van der Waals surface area contributed by atoms with Gasteiger partial charge in [-0.15, -0.1) is 0 Å². The largest absolute Gasteiger partial charge is 0.398 e. The minimum absolute atomic E-state index is 0.0907. The second kappa shape index (κ2) is 7.23. The summed E-state index contributed by atoms with van der Waals surface area (Å²) >= 11 is 3.25.